The van der Waals surface area contributed by atoms with Gasteiger partial charge in [0.15, 0.2) is 0 Å². The lowest BCUT2D eigenvalue weighted by Gasteiger charge is -2.16. The van der Waals surface area contributed by atoms with Gasteiger partial charge in [-0.25, -0.2) is 0 Å². The summed E-state index contributed by atoms with van der Waals surface area (Å²) in [5, 5.41) is 7.49. The highest BCUT2D eigenvalue weighted by Gasteiger charge is 2.31. The van der Waals surface area contributed by atoms with Crippen LogP contribution in [-0.4, -0.2) is 16.1 Å². The largest absolute Gasteiger partial charge is 0.573 e. The standard InChI is InChI=1S/C14H16F3N3O/c1-9(18-13-8-20(3)19-10(13)2)11-4-6-12(7-5-11)21-14(15,16)17/h4-9,18H,1-3H3. The molecule has 7 heteroatoms. The number of ether oxygens (including phenoxy) is 1. The van der Waals surface area contributed by atoms with E-state index in [0.717, 1.165) is 16.9 Å². The summed E-state index contributed by atoms with van der Waals surface area (Å²) in [6, 6.07) is 5.75. The Labute approximate surface area is 120 Å². The van der Waals surface area contributed by atoms with Crippen LogP contribution in [0.2, 0.25) is 0 Å². The van der Waals surface area contributed by atoms with E-state index in [9.17, 15) is 13.2 Å². The molecule has 0 fully saturated rings. The average Bonchev–Trinajstić information content (AvgIpc) is 2.66. The molecule has 1 unspecified atom stereocenters. The van der Waals surface area contributed by atoms with Crippen molar-refractivity contribution < 1.29 is 17.9 Å². The van der Waals surface area contributed by atoms with Crippen molar-refractivity contribution in [1.29, 1.82) is 0 Å². The number of halogens is 3. The third-order valence-corrected chi connectivity index (χ3v) is 3.00. The monoisotopic (exact) mass is 299 g/mol. The quantitative estimate of drug-likeness (QED) is 0.933. The summed E-state index contributed by atoms with van der Waals surface area (Å²) < 4.78 is 41.8. The molecular weight excluding hydrogens is 283 g/mol. The molecule has 1 heterocycles. The molecule has 2 rings (SSSR count). The highest BCUT2D eigenvalue weighted by atomic mass is 19.4. The maximum absolute atomic E-state index is 12.1. The molecule has 1 atom stereocenters. The molecule has 0 aliphatic rings. The Hall–Kier alpha value is -2.18. The second-order valence-corrected chi connectivity index (χ2v) is 4.78. The first-order chi connectivity index (χ1) is 9.74. The fraction of sp³-hybridized carbons (Fsp3) is 0.357. The lowest BCUT2D eigenvalue weighted by atomic mass is 10.1. The Balaban J connectivity index is 2.06. The number of aryl methyl sites for hydroxylation is 2. The molecule has 0 spiro atoms. The van der Waals surface area contributed by atoms with Gasteiger partial charge in [-0.2, -0.15) is 5.10 Å². The van der Waals surface area contributed by atoms with Crippen LogP contribution in [0.5, 0.6) is 5.75 Å². The molecule has 1 N–H and O–H groups in total. The van der Waals surface area contributed by atoms with Crippen LogP contribution in [0.25, 0.3) is 0 Å². The molecule has 0 radical (unpaired) electrons. The molecule has 1 aromatic carbocycles. The van der Waals surface area contributed by atoms with Gasteiger partial charge in [0.1, 0.15) is 5.75 Å². The van der Waals surface area contributed by atoms with E-state index >= 15 is 0 Å². The van der Waals surface area contributed by atoms with Gasteiger partial charge in [-0.1, -0.05) is 12.1 Å². The van der Waals surface area contributed by atoms with Crippen molar-refractivity contribution in [1.82, 2.24) is 9.78 Å². The second-order valence-electron chi connectivity index (χ2n) is 4.78. The van der Waals surface area contributed by atoms with E-state index in [-0.39, 0.29) is 11.8 Å². The van der Waals surface area contributed by atoms with E-state index in [4.69, 9.17) is 0 Å². The van der Waals surface area contributed by atoms with Crippen molar-refractivity contribution in [2.24, 2.45) is 7.05 Å². The zero-order chi connectivity index (χ0) is 15.6. The molecule has 1 aromatic heterocycles. The lowest BCUT2D eigenvalue weighted by molar-refractivity contribution is -0.274. The van der Waals surface area contributed by atoms with Crippen LogP contribution >= 0.6 is 0 Å². The predicted octanol–water partition coefficient (Wildman–Crippen LogP) is 3.80. The number of hydrogen-bond donors (Lipinski definition) is 1. The van der Waals surface area contributed by atoms with Crippen molar-refractivity contribution in [2.75, 3.05) is 5.32 Å². The van der Waals surface area contributed by atoms with Gasteiger partial charge in [-0.3, -0.25) is 4.68 Å². The number of anilines is 1. The Bertz CT molecular complexity index is 605. The molecule has 2 aromatic rings. The highest BCUT2D eigenvalue weighted by molar-refractivity contribution is 5.47. The van der Waals surface area contributed by atoms with E-state index in [1.165, 1.54) is 12.1 Å². The molecule has 0 amide bonds. The van der Waals surface area contributed by atoms with Crippen molar-refractivity contribution >= 4 is 5.69 Å². The molecule has 0 saturated heterocycles. The Morgan fingerprint density at radius 1 is 1.24 bits per heavy atom. The van der Waals surface area contributed by atoms with E-state index < -0.39 is 6.36 Å². The van der Waals surface area contributed by atoms with Crippen LogP contribution in [0.4, 0.5) is 18.9 Å². The van der Waals surface area contributed by atoms with Gasteiger partial charge < -0.3 is 10.1 Å². The molecule has 0 aliphatic heterocycles. The van der Waals surface area contributed by atoms with Gasteiger partial charge in [0.25, 0.3) is 0 Å². The normalized spacial score (nSPS) is 13.0. The zero-order valence-corrected chi connectivity index (χ0v) is 11.9. The van der Waals surface area contributed by atoms with Gasteiger partial charge >= 0.3 is 6.36 Å². The van der Waals surface area contributed by atoms with Gasteiger partial charge in [-0.15, -0.1) is 13.2 Å². The predicted molar refractivity (Wildman–Crippen MR) is 73.1 cm³/mol. The van der Waals surface area contributed by atoms with Crippen molar-refractivity contribution in [3.05, 3.63) is 41.7 Å². The molecule has 114 valence electrons. The zero-order valence-electron chi connectivity index (χ0n) is 11.9. The minimum Gasteiger partial charge on any atom is -0.406 e. The van der Waals surface area contributed by atoms with Crippen LogP contribution in [0.3, 0.4) is 0 Å². The van der Waals surface area contributed by atoms with Crippen molar-refractivity contribution in [3.8, 4) is 5.75 Å². The molecule has 0 saturated carbocycles. The second kappa shape index (κ2) is 5.67. The number of nitrogens with zero attached hydrogens (tertiary/aromatic N) is 2. The van der Waals surface area contributed by atoms with Crippen LogP contribution in [0.15, 0.2) is 30.5 Å². The Morgan fingerprint density at radius 3 is 2.33 bits per heavy atom. The maximum Gasteiger partial charge on any atom is 0.573 e. The van der Waals surface area contributed by atoms with E-state index in [0.29, 0.717) is 0 Å². The SMILES string of the molecule is Cc1nn(C)cc1NC(C)c1ccc(OC(F)(F)F)cc1. The average molecular weight is 299 g/mol. The maximum atomic E-state index is 12.1. The number of hydrogen-bond acceptors (Lipinski definition) is 3. The first kappa shape index (κ1) is 15.2. The third-order valence-electron chi connectivity index (χ3n) is 3.00. The van der Waals surface area contributed by atoms with Crippen LogP contribution in [0, 0.1) is 6.92 Å². The number of nitrogens with one attached hydrogen (secondary N) is 1. The first-order valence-electron chi connectivity index (χ1n) is 6.37. The van der Waals surface area contributed by atoms with E-state index in [1.807, 2.05) is 27.1 Å². The molecule has 4 nitrogen and oxygen atoms in total. The van der Waals surface area contributed by atoms with E-state index in [2.05, 4.69) is 15.2 Å². The van der Waals surface area contributed by atoms with Gasteiger partial charge in [0, 0.05) is 19.3 Å². The van der Waals surface area contributed by atoms with Crippen molar-refractivity contribution in [2.45, 2.75) is 26.3 Å². The van der Waals surface area contributed by atoms with Gasteiger partial charge in [0.2, 0.25) is 0 Å². The lowest BCUT2D eigenvalue weighted by Crippen LogP contribution is -2.17. The summed E-state index contributed by atoms with van der Waals surface area (Å²) in [6.45, 7) is 3.81. The summed E-state index contributed by atoms with van der Waals surface area (Å²) in [6.07, 6.45) is -2.81. The van der Waals surface area contributed by atoms with Gasteiger partial charge in [0.05, 0.1) is 11.4 Å². The van der Waals surface area contributed by atoms with E-state index in [1.54, 1.807) is 16.8 Å². The molecule has 0 bridgehead atoms. The number of alkyl halides is 3. The Kier molecular flexibility index (Phi) is 4.11. The number of aromatic nitrogens is 2. The molecule has 0 aliphatic carbocycles. The molecule has 21 heavy (non-hydrogen) atoms. The Morgan fingerprint density at radius 2 is 1.86 bits per heavy atom. The van der Waals surface area contributed by atoms with Crippen LogP contribution in [-0.2, 0) is 7.05 Å². The van der Waals surface area contributed by atoms with Crippen LogP contribution in [0.1, 0.15) is 24.2 Å². The summed E-state index contributed by atoms with van der Waals surface area (Å²) in [7, 11) is 1.83. The summed E-state index contributed by atoms with van der Waals surface area (Å²) in [5.41, 5.74) is 2.61. The minimum atomic E-state index is -4.67. The fourth-order valence-electron chi connectivity index (χ4n) is 2.02. The first-order valence-corrected chi connectivity index (χ1v) is 6.37. The topological polar surface area (TPSA) is 39.1 Å². The van der Waals surface area contributed by atoms with Crippen LogP contribution < -0.4 is 10.1 Å². The summed E-state index contributed by atoms with van der Waals surface area (Å²) >= 11 is 0. The summed E-state index contributed by atoms with van der Waals surface area (Å²) in [4.78, 5) is 0. The third kappa shape index (κ3) is 4.14. The number of benzene rings is 1. The van der Waals surface area contributed by atoms with Crippen molar-refractivity contribution in [3.63, 3.8) is 0 Å². The minimum absolute atomic E-state index is 0.0622. The number of rotatable bonds is 4. The molecular formula is C14H16F3N3O. The van der Waals surface area contributed by atoms with Gasteiger partial charge in [-0.05, 0) is 31.5 Å². The fourth-order valence-corrected chi connectivity index (χ4v) is 2.02. The highest BCUT2D eigenvalue weighted by Crippen LogP contribution is 2.26. The smallest absolute Gasteiger partial charge is 0.406 e. The summed E-state index contributed by atoms with van der Waals surface area (Å²) in [5.74, 6) is -0.226.